The maximum absolute atomic E-state index is 13.5. The second-order valence-corrected chi connectivity index (χ2v) is 18.9. The van der Waals surface area contributed by atoms with Crippen LogP contribution in [0, 0.1) is 17.8 Å². The Bertz CT molecular complexity index is 1640. The van der Waals surface area contributed by atoms with Crippen molar-refractivity contribution in [3.05, 3.63) is 60.2 Å². The van der Waals surface area contributed by atoms with Crippen LogP contribution < -0.4 is 5.32 Å². The summed E-state index contributed by atoms with van der Waals surface area (Å²) in [5.41, 5.74) is -0.229. The minimum atomic E-state index is -1.48. The van der Waals surface area contributed by atoms with E-state index < -0.39 is 103 Å². The number of allylic oxidation sites excluding steroid dienone is 3. The minimum absolute atomic E-state index is 0.0165. The highest BCUT2D eigenvalue weighted by molar-refractivity contribution is 5.91. The van der Waals surface area contributed by atoms with Crippen LogP contribution in [-0.2, 0) is 54.0 Å². The zero-order valence-corrected chi connectivity index (χ0v) is 39.8. The summed E-state index contributed by atoms with van der Waals surface area (Å²) in [7, 11) is 5.03. The van der Waals surface area contributed by atoms with Gasteiger partial charge in [-0.15, -0.1) is 0 Å². The van der Waals surface area contributed by atoms with Crippen LogP contribution in [0.1, 0.15) is 99.0 Å². The van der Waals surface area contributed by atoms with Gasteiger partial charge in [-0.1, -0.05) is 69.3 Å². The molecule has 64 heavy (non-hydrogen) atoms. The van der Waals surface area contributed by atoms with Gasteiger partial charge in [0, 0.05) is 32.3 Å². The Morgan fingerprint density at radius 3 is 2.34 bits per heavy atom. The molecule has 1 aromatic rings. The van der Waals surface area contributed by atoms with Gasteiger partial charge in [-0.25, -0.2) is 0 Å². The summed E-state index contributed by atoms with van der Waals surface area (Å²) in [5, 5.41) is 39.1. The third kappa shape index (κ3) is 16.1. The lowest BCUT2D eigenvalue weighted by molar-refractivity contribution is -0.344. The predicted molar refractivity (Wildman–Crippen MR) is 241 cm³/mol. The van der Waals surface area contributed by atoms with Crippen molar-refractivity contribution in [1.82, 2.24) is 10.2 Å². The topological polar surface area (TPSA) is 192 Å². The molecule has 0 saturated carbocycles. The number of methoxy groups -OCH3 is 1. The lowest BCUT2D eigenvalue weighted by Crippen LogP contribution is -2.66. The molecule has 2 fully saturated rings. The molecule has 0 aliphatic carbocycles. The largest absolute Gasteiger partial charge is 0.462 e. The maximum atomic E-state index is 13.5. The molecular weight excluding hydrogens is 825 g/mol. The van der Waals surface area contributed by atoms with Gasteiger partial charge in [-0.2, -0.15) is 0 Å². The number of ether oxygens (including phenoxy) is 7. The van der Waals surface area contributed by atoms with Gasteiger partial charge in [0.1, 0.15) is 30.0 Å². The van der Waals surface area contributed by atoms with Crippen molar-refractivity contribution in [2.45, 2.75) is 179 Å². The third-order valence-corrected chi connectivity index (χ3v) is 12.4. The molecule has 4 N–H and O–H groups in total. The molecule has 1 aromatic carbocycles. The van der Waals surface area contributed by atoms with Crippen LogP contribution in [0.5, 0.6) is 0 Å². The van der Waals surface area contributed by atoms with Gasteiger partial charge in [-0.3, -0.25) is 14.4 Å². The second kappa shape index (κ2) is 25.7. The Morgan fingerprint density at radius 2 is 1.69 bits per heavy atom. The Kier molecular flexibility index (Phi) is 21.5. The van der Waals surface area contributed by atoms with E-state index >= 15 is 0 Å². The van der Waals surface area contributed by atoms with E-state index in [0.717, 1.165) is 19.4 Å². The van der Waals surface area contributed by atoms with Crippen molar-refractivity contribution in [3.8, 4) is 0 Å². The number of benzene rings is 1. The highest BCUT2D eigenvalue weighted by Crippen LogP contribution is 2.37. The number of nitrogens with one attached hydrogen (secondary N) is 1. The molecular formula is C49H78N2O13. The summed E-state index contributed by atoms with van der Waals surface area (Å²) in [6, 6.07) is 9.53. The van der Waals surface area contributed by atoms with Crippen molar-refractivity contribution in [2.75, 3.05) is 34.3 Å². The van der Waals surface area contributed by atoms with Crippen LogP contribution >= 0.6 is 0 Å². The first kappa shape index (κ1) is 53.5. The highest BCUT2D eigenvalue weighted by atomic mass is 16.7. The zero-order chi connectivity index (χ0) is 47.1. The Labute approximate surface area is 381 Å². The van der Waals surface area contributed by atoms with Crippen molar-refractivity contribution in [2.24, 2.45) is 17.8 Å². The molecule has 0 spiro atoms. The Morgan fingerprint density at radius 1 is 0.969 bits per heavy atom. The first-order valence-electron chi connectivity index (χ1n) is 23.2. The van der Waals surface area contributed by atoms with Crippen molar-refractivity contribution >= 4 is 17.7 Å². The van der Waals surface area contributed by atoms with Crippen LogP contribution in [-0.4, -0.2) is 151 Å². The summed E-state index contributed by atoms with van der Waals surface area (Å²) >= 11 is 0. The highest BCUT2D eigenvalue weighted by Gasteiger charge is 2.52. The molecule has 0 bridgehead atoms. The number of aryl methyl sites for hydroxylation is 1. The number of cyclic esters (lactones) is 1. The summed E-state index contributed by atoms with van der Waals surface area (Å²) in [6.45, 7) is 13.8. The Balaban J connectivity index is 1.60. The summed E-state index contributed by atoms with van der Waals surface area (Å²) < 4.78 is 43.4. The lowest BCUT2D eigenvalue weighted by Gasteiger charge is -2.50. The van der Waals surface area contributed by atoms with E-state index in [-0.39, 0.29) is 31.0 Å². The molecule has 15 heteroatoms. The molecule has 2 saturated heterocycles. The van der Waals surface area contributed by atoms with Gasteiger partial charge in [0.15, 0.2) is 24.5 Å². The number of nitrogens with zero attached hydrogens (tertiary/aromatic N) is 1. The van der Waals surface area contributed by atoms with Crippen molar-refractivity contribution < 1.29 is 62.9 Å². The number of likely N-dealkylation sites (N-methyl/N-ethyl adjacent to an activating group) is 1. The van der Waals surface area contributed by atoms with E-state index in [4.69, 9.17) is 33.2 Å². The van der Waals surface area contributed by atoms with E-state index in [9.17, 15) is 29.7 Å². The van der Waals surface area contributed by atoms with Gasteiger partial charge in [0.25, 0.3) is 0 Å². The maximum Gasteiger partial charge on any atom is 0.308 e. The number of aliphatic hydroxyl groups is 3. The number of esters is 2. The number of rotatable bonds is 16. The van der Waals surface area contributed by atoms with Gasteiger partial charge in [0.2, 0.25) is 0 Å². The molecule has 3 aliphatic heterocycles. The third-order valence-electron chi connectivity index (χ3n) is 12.4. The SMILES string of the molecule is CO[C@@H]1[C@@H](O[C@@H]2O[C@H](C)[C@@H](O[C@H]3C[C@@](C)(O)[C@@H](OC(=O)CC(C)C)[C@H](C)O3)[C@H](N(C)C)[C@H]2O)[C@@H](CCNCCCc2ccccc2)C[C@@H](C)C(=O)/C=C/C=C/C[C@@H](C)OC(=O)C[C@@H]1O. The summed E-state index contributed by atoms with van der Waals surface area (Å²) in [4.78, 5) is 41.1. The molecule has 15 nitrogen and oxygen atoms in total. The monoisotopic (exact) mass is 903 g/mol. The molecule has 0 aromatic heterocycles. The quantitative estimate of drug-likeness (QED) is 0.132. The Hall–Kier alpha value is -3.09. The predicted octanol–water partition coefficient (Wildman–Crippen LogP) is 4.67. The van der Waals surface area contributed by atoms with E-state index in [1.165, 1.54) is 18.7 Å². The number of aliphatic hydroxyl groups excluding tert-OH is 2. The summed E-state index contributed by atoms with van der Waals surface area (Å²) in [6.07, 6.45) is -0.911. The number of hydrogen-bond donors (Lipinski definition) is 4. The number of carbonyl (C=O) groups is 3. The number of carbonyl (C=O) groups excluding carboxylic acids is 3. The minimum Gasteiger partial charge on any atom is -0.462 e. The molecule has 15 atom stereocenters. The van der Waals surface area contributed by atoms with E-state index in [1.54, 1.807) is 53.9 Å². The van der Waals surface area contributed by atoms with E-state index in [1.807, 2.05) is 49.9 Å². The summed E-state index contributed by atoms with van der Waals surface area (Å²) in [5.74, 6) is -1.92. The molecule has 0 radical (unpaired) electrons. The molecule has 4 rings (SSSR count). The number of hydrogen-bond acceptors (Lipinski definition) is 15. The van der Waals surface area contributed by atoms with Gasteiger partial charge < -0.3 is 58.7 Å². The molecule has 362 valence electrons. The molecule has 3 aliphatic rings. The van der Waals surface area contributed by atoms with E-state index in [0.29, 0.717) is 25.8 Å². The van der Waals surface area contributed by atoms with Gasteiger partial charge in [-0.05, 0) is 104 Å². The van der Waals surface area contributed by atoms with Crippen LogP contribution in [0.2, 0.25) is 0 Å². The molecule has 3 heterocycles. The second-order valence-electron chi connectivity index (χ2n) is 18.9. The van der Waals surface area contributed by atoms with E-state index in [2.05, 4.69) is 17.4 Å². The smallest absolute Gasteiger partial charge is 0.308 e. The average Bonchev–Trinajstić information content (AvgIpc) is 3.20. The van der Waals surface area contributed by atoms with Crippen molar-refractivity contribution in [1.29, 1.82) is 0 Å². The molecule has 0 unspecified atom stereocenters. The lowest BCUT2D eigenvalue weighted by atomic mass is 9.82. The first-order valence-corrected chi connectivity index (χ1v) is 23.2. The fraction of sp³-hybridized carbons (Fsp3) is 0.735. The average molecular weight is 903 g/mol. The fourth-order valence-electron chi connectivity index (χ4n) is 9.08. The van der Waals surface area contributed by atoms with Crippen molar-refractivity contribution in [3.63, 3.8) is 0 Å². The zero-order valence-electron chi connectivity index (χ0n) is 39.8. The van der Waals surface area contributed by atoms with Crippen LogP contribution in [0.4, 0.5) is 0 Å². The molecule has 0 amide bonds. The van der Waals surface area contributed by atoms with Gasteiger partial charge >= 0.3 is 11.9 Å². The normalized spacial score (nSPS) is 37.0. The standard InChI is InChI=1S/C49H78N2O13/c1-30(2)26-39(54)62-47-34(6)60-41(29-49(47,7)57)63-44-33(5)61-48(43(56)42(44)51(8)9)64-45-36(23-25-50-24-17-21-35-19-14-12-15-20-35)27-31(3)37(52)22-16-11-13-18-32(4)59-40(55)28-38(53)46(45)58-10/h11-16,19-20,22,30-34,36,38,41-48,50,53,56-57H,17-18,21,23-29H2,1-10H3/b13-11+,22-16+/t31-,32-,33-,34+,36+,38+,41+,42-,43-,44-,45+,46+,47+,48+,49-/m1/s1. The first-order chi connectivity index (χ1) is 30.3. The van der Waals surface area contributed by atoms with Gasteiger partial charge in [0.05, 0.1) is 36.9 Å². The fourth-order valence-corrected chi connectivity index (χ4v) is 9.08. The van der Waals surface area contributed by atoms with Crippen LogP contribution in [0.25, 0.3) is 0 Å². The van der Waals surface area contributed by atoms with Crippen LogP contribution in [0.15, 0.2) is 54.6 Å². The van der Waals surface area contributed by atoms with Crippen LogP contribution in [0.3, 0.4) is 0 Å². The number of ketones is 1.